The second kappa shape index (κ2) is 5.31. The molecule has 1 fully saturated rings. The molecule has 0 heterocycles. The highest BCUT2D eigenvalue weighted by Gasteiger charge is 2.61. The van der Waals surface area contributed by atoms with Crippen LogP contribution in [0.15, 0.2) is 35.9 Å². The van der Waals surface area contributed by atoms with Crippen molar-refractivity contribution >= 4 is 5.97 Å². The first kappa shape index (κ1) is 14.6. The lowest BCUT2D eigenvalue weighted by Gasteiger charge is -2.06. The fraction of sp³-hybridized carbons (Fsp3) is 0.471. The standard InChI is InChI=1S/C17H22O3/c1-11(2)10-14-15(17(14,3)4)16(18)20-13-8-6-12(19-5)7-9-13/h6-10,14-15H,1-5H3. The number of rotatable bonds is 4. The molecule has 0 aliphatic heterocycles. The van der Waals surface area contributed by atoms with Crippen molar-refractivity contribution in [1.29, 1.82) is 0 Å². The largest absolute Gasteiger partial charge is 0.497 e. The summed E-state index contributed by atoms with van der Waals surface area (Å²) in [5.74, 6) is 1.38. The van der Waals surface area contributed by atoms with E-state index in [1.54, 1.807) is 31.4 Å². The van der Waals surface area contributed by atoms with E-state index in [0.29, 0.717) is 5.75 Å². The fourth-order valence-electron chi connectivity index (χ4n) is 2.62. The molecule has 3 heteroatoms. The second-order valence-electron chi connectivity index (χ2n) is 6.17. The number of methoxy groups -OCH3 is 1. The van der Waals surface area contributed by atoms with Gasteiger partial charge in [-0.2, -0.15) is 0 Å². The van der Waals surface area contributed by atoms with E-state index in [1.165, 1.54) is 5.57 Å². The van der Waals surface area contributed by atoms with E-state index in [-0.39, 0.29) is 23.2 Å². The average molecular weight is 274 g/mol. The Balaban J connectivity index is 2.04. The number of benzene rings is 1. The second-order valence-corrected chi connectivity index (χ2v) is 6.17. The summed E-state index contributed by atoms with van der Waals surface area (Å²) in [5.41, 5.74) is 1.23. The van der Waals surface area contributed by atoms with E-state index < -0.39 is 0 Å². The van der Waals surface area contributed by atoms with Crippen LogP contribution in [0, 0.1) is 17.3 Å². The van der Waals surface area contributed by atoms with Crippen molar-refractivity contribution in [2.24, 2.45) is 17.3 Å². The number of hydrogen-bond acceptors (Lipinski definition) is 3. The van der Waals surface area contributed by atoms with Gasteiger partial charge < -0.3 is 9.47 Å². The van der Waals surface area contributed by atoms with Gasteiger partial charge in [0.05, 0.1) is 13.0 Å². The molecule has 0 aromatic heterocycles. The smallest absolute Gasteiger partial charge is 0.315 e. The predicted octanol–water partition coefficient (Wildman–Crippen LogP) is 3.84. The third kappa shape index (κ3) is 2.87. The van der Waals surface area contributed by atoms with Gasteiger partial charge in [0.2, 0.25) is 0 Å². The monoisotopic (exact) mass is 274 g/mol. The van der Waals surface area contributed by atoms with Crippen LogP contribution in [-0.2, 0) is 4.79 Å². The Labute approximate surface area is 120 Å². The van der Waals surface area contributed by atoms with Crippen molar-refractivity contribution < 1.29 is 14.3 Å². The number of esters is 1. The molecular formula is C17H22O3. The summed E-state index contributed by atoms with van der Waals surface area (Å²) in [4.78, 5) is 12.3. The Bertz CT molecular complexity index is 522. The molecular weight excluding hydrogens is 252 g/mol. The minimum absolute atomic E-state index is 0.0131. The third-order valence-corrected chi connectivity index (χ3v) is 3.96. The molecule has 1 aliphatic rings. The van der Waals surface area contributed by atoms with Gasteiger partial charge in [-0.25, -0.2) is 0 Å². The molecule has 108 valence electrons. The number of carbonyl (C=O) groups is 1. The van der Waals surface area contributed by atoms with E-state index >= 15 is 0 Å². The van der Waals surface area contributed by atoms with Crippen LogP contribution < -0.4 is 9.47 Å². The highest BCUT2D eigenvalue weighted by atomic mass is 16.5. The molecule has 0 spiro atoms. The number of allylic oxidation sites excluding steroid dienone is 2. The summed E-state index contributed by atoms with van der Waals surface area (Å²) in [6, 6.07) is 7.08. The number of carbonyl (C=O) groups excluding carboxylic acids is 1. The first-order chi connectivity index (χ1) is 9.36. The maximum absolute atomic E-state index is 12.3. The summed E-state index contributed by atoms with van der Waals surface area (Å²) in [6.45, 7) is 8.33. The van der Waals surface area contributed by atoms with Crippen LogP contribution >= 0.6 is 0 Å². The van der Waals surface area contributed by atoms with Gasteiger partial charge >= 0.3 is 5.97 Å². The molecule has 0 radical (unpaired) electrons. The Kier molecular flexibility index (Phi) is 3.89. The van der Waals surface area contributed by atoms with Crippen LogP contribution in [0.2, 0.25) is 0 Å². The molecule has 2 atom stereocenters. The molecule has 1 aromatic carbocycles. The van der Waals surface area contributed by atoms with Crippen molar-refractivity contribution in [2.45, 2.75) is 27.7 Å². The van der Waals surface area contributed by atoms with Gasteiger partial charge in [0, 0.05) is 0 Å². The molecule has 0 N–H and O–H groups in total. The SMILES string of the molecule is COc1ccc(OC(=O)C2C(C=C(C)C)C2(C)C)cc1. The maximum atomic E-state index is 12.3. The van der Waals surface area contributed by atoms with Crippen LogP contribution in [0.5, 0.6) is 11.5 Å². The summed E-state index contributed by atoms with van der Waals surface area (Å²) < 4.78 is 10.5. The minimum atomic E-state index is -0.150. The summed E-state index contributed by atoms with van der Waals surface area (Å²) in [7, 11) is 1.61. The Morgan fingerprint density at radius 1 is 1.15 bits per heavy atom. The Hall–Kier alpha value is -1.77. The van der Waals surface area contributed by atoms with Crippen LogP contribution in [-0.4, -0.2) is 13.1 Å². The van der Waals surface area contributed by atoms with Crippen molar-refractivity contribution in [3.63, 3.8) is 0 Å². The van der Waals surface area contributed by atoms with Crippen LogP contribution in [0.25, 0.3) is 0 Å². The quantitative estimate of drug-likeness (QED) is 0.475. The lowest BCUT2D eigenvalue weighted by atomic mass is 10.1. The zero-order chi connectivity index (χ0) is 14.9. The molecule has 0 bridgehead atoms. The zero-order valence-electron chi connectivity index (χ0n) is 12.8. The number of hydrogen-bond donors (Lipinski definition) is 0. The van der Waals surface area contributed by atoms with E-state index in [4.69, 9.17) is 9.47 Å². The van der Waals surface area contributed by atoms with Crippen LogP contribution in [0.3, 0.4) is 0 Å². The molecule has 0 amide bonds. The third-order valence-electron chi connectivity index (χ3n) is 3.96. The van der Waals surface area contributed by atoms with Crippen molar-refractivity contribution in [3.05, 3.63) is 35.9 Å². The summed E-state index contributed by atoms with van der Waals surface area (Å²) in [5, 5.41) is 0. The molecule has 0 saturated heterocycles. The Morgan fingerprint density at radius 2 is 1.70 bits per heavy atom. The normalized spacial score (nSPS) is 22.9. The zero-order valence-corrected chi connectivity index (χ0v) is 12.8. The lowest BCUT2D eigenvalue weighted by molar-refractivity contribution is -0.136. The highest BCUT2D eigenvalue weighted by molar-refractivity contribution is 5.80. The molecule has 2 rings (SSSR count). The molecule has 20 heavy (non-hydrogen) atoms. The molecule has 1 aromatic rings. The number of ether oxygens (including phenoxy) is 2. The maximum Gasteiger partial charge on any atom is 0.315 e. The topological polar surface area (TPSA) is 35.5 Å². The lowest BCUT2D eigenvalue weighted by Crippen LogP contribution is -2.13. The summed E-state index contributed by atoms with van der Waals surface area (Å²) >= 11 is 0. The molecule has 3 nitrogen and oxygen atoms in total. The van der Waals surface area contributed by atoms with Gasteiger partial charge in [-0.15, -0.1) is 0 Å². The van der Waals surface area contributed by atoms with Crippen molar-refractivity contribution in [2.75, 3.05) is 7.11 Å². The highest BCUT2D eigenvalue weighted by Crippen LogP contribution is 2.59. The first-order valence-corrected chi connectivity index (χ1v) is 6.87. The van der Waals surface area contributed by atoms with E-state index in [2.05, 4.69) is 33.8 Å². The summed E-state index contributed by atoms with van der Waals surface area (Å²) in [6.07, 6.45) is 2.17. The van der Waals surface area contributed by atoms with Gasteiger partial charge in [0.25, 0.3) is 0 Å². The molecule has 1 saturated carbocycles. The van der Waals surface area contributed by atoms with Gasteiger partial charge in [0.15, 0.2) is 0 Å². The minimum Gasteiger partial charge on any atom is -0.497 e. The molecule has 2 unspecified atom stereocenters. The first-order valence-electron chi connectivity index (χ1n) is 6.87. The Morgan fingerprint density at radius 3 is 2.20 bits per heavy atom. The average Bonchev–Trinajstić information content (AvgIpc) is 2.91. The van der Waals surface area contributed by atoms with Crippen molar-refractivity contribution in [1.82, 2.24) is 0 Å². The van der Waals surface area contributed by atoms with Gasteiger partial charge in [-0.3, -0.25) is 4.79 Å². The van der Waals surface area contributed by atoms with E-state index in [1.807, 2.05) is 0 Å². The predicted molar refractivity (Wildman–Crippen MR) is 78.8 cm³/mol. The van der Waals surface area contributed by atoms with Crippen molar-refractivity contribution in [3.8, 4) is 11.5 Å². The van der Waals surface area contributed by atoms with Gasteiger partial charge in [0.1, 0.15) is 11.5 Å². The molecule has 1 aliphatic carbocycles. The van der Waals surface area contributed by atoms with Gasteiger partial charge in [-0.05, 0) is 49.4 Å². The van der Waals surface area contributed by atoms with E-state index in [9.17, 15) is 4.79 Å². The van der Waals surface area contributed by atoms with E-state index in [0.717, 1.165) is 5.75 Å². The van der Waals surface area contributed by atoms with Crippen LogP contribution in [0.1, 0.15) is 27.7 Å². The van der Waals surface area contributed by atoms with Crippen LogP contribution in [0.4, 0.5) is 0 Å². The fourth-order valence-corrected chi connectivity index (χ4v) is 2.62. The van der Waals surface area contributed by atoms with Gasteiger partial charge in [-0.1, -0.05) is 25.5 Å².